The van der Waals surface area contributed by atoms with Crippen molar-refractivity contribution < 1.29 is 4.39 Å². The second kappa shape index (κ2) is 5.73. The molecule has 4 N–H and O–H groups in total. The molecule has 0 radical (unpaired) electrons. The minimum absolute atomic E-state index is 0.0720. The van der Waals surface area contributed by atoms with Crippen molar-refractivity contribution in [2.75, 3.05) is 6.54 Å². The molecule has 0 aliphatic carbocycles. The maximum absolute atomic E-state index is 12.8. The van der Waals surface area contributed by atoms with Crippen LogP contribution in [0.4, 0.5) is 4.39 Å². The van der Waals surface area contributed by atoms with Crippen molar-refractivity contribution in [3.05, 3.63) is 35.6 Å². The van der Waals surface area contributed by atoms with Crippen LogP contribution < -0.4 is 11.5 Å². The van der Waals surface area contributed by atoms with E-state index in [1.165, 1.54) is 12.1 Å². The van der Waals surface area contributed by atoms with Gasteiger partial charge in [0.05, 0.1) is 0 Å². The van der Waals surface area contributed by atoms with Gasteiger partial charge in [-0.3, -0.25) is 0 Å². The monoisotopic (exact) mass is 196 g/mol. The molecule has 1 aromatic carbocycles. The van der Waals surface area contributed by atoms with Crippen molar-refractivity contribution in [2.45, 2.75) is 25.3 Å². The zero-order valence-electron chi connectivity index (χ0n) is 8.25. The zero-order chi connectivity index (χ0) is 10.4. The lowest BCUT2D eigenvalue weighted by molar-refractivity contribution is 0.580. The molecule has 0 aliphatic rings. The summed E-state index contributed by atoms with van der Waals surface area (Å²) in [6.45, 7) is 0.690. The summed E-state index contributed by atoms with van der Waals surface area (Å²) in [7, 11) is 0. The van der Waals surface area contributed by atoms with E-state index in [9.17, 15) is 4.39 Å². The van der Waals surface area contributed by atoms with E-state index in [0.29, 0.717) is 6.54 Å². The van der Waals surface area contributed by atoms with Crippen LogP contribution in [0.5, 0.6) is 0 Å². The van der Waals surface area contributed by atoms with Gasteiger partial charge in [0.15, 0.2) is 0 Å². The van der Waals surface area contributed by atoms with E-state index < -0.39 is 0 Å². The van der Waals surface area contributed by atoms with Crippen LogP contribution in [0.15, 0.2) is 24.3 Å². The highest BCUT2D eigenvalue weighted by Gasteiger charge is 2.05. The van der Waals surface area contributed by atoms with Gasteiger partial charge in [-0.1, -0.05) is 18.6 Å². The summed E-state index contributed by atoms with van der Waals surface area (Å²) in [5.41, 5.74) is 12.1. The molecule has 0 heterocycles. The third kappa shape index (κ3) is 3.44. The van der Waals surface area contributed by atoms with Crippen LogP contribution >= 0.6 is 0 Å². The molecular weight excluding hydrogens is 179 g/mol. The van der Waals surface area contributed by atoms with E-state index in [4.69, 9.17) is 11.5 Å². The Morgan fingerprint density at radius 1 is 1.29 bits per heavy atom. The van der Waals surface area contributed by atoms with Gasteiger partial charge in [-0.25, -0.2) is 4.39 Å². The van der Waals surface area contributed by atoms with Gasteiger partial charge in [-0.05, 0) is 37.1 Å². The molecule has 78 valence electrons. The molecule has 0 aliphatic heterocycles. The third-order valence-corrected chi connectivity index (χ3v) is 2.25. The molecule has 1 rings (SSSR count). The number of halogens is 1. The summed E-state index contributed by atoms with van der Waals surface area (Å²) < 4.78 is 12.8. The first kappa shape index (κ1) is 11.1. The smallest absolute Gasteiger partial charge is 0.123 e. The van der Waals surface area contributed by atoms with Gasteiger partial charge in [0, 0.05) is 6.04 Å². The van der Waals surface area contributed by atoms with Crippen LogP contribution in [0.1, 0.15) is 30.9 Å². The number of hydrogen-bond donors (Lipinski definition) is 2. The fourth-order valence-corrected chi connectivity index (χ4v) is 1.41. The first-order valence-electron chi connectivity index (χ1n) is 4.95. The Morgan fingerprint density at radius 2 is 2.07 bits per heavy atom. The van der Waals surface area contributed by atoms with Crippen LogP contribution in [0.25, 0.3) is 0 Å². The van der Waals surface area contributed by atoms with Gasteiger partial charge < -0.3 is 11.5 Å². The van der Waals surface area contributed by atoms with Gasteiger partial charge in [-0.2, -0.15) is 0 Å². The van der Waals surface area contributed by atoms with Crippen molar-refractivity contribution in [3.8, 4) is 0 Å². The summed E-state index contributed by atoms with van der Waals surface area (Å²) in [5.74, 6) is -0.225. The van der Waals surface area contributed by atoms with Crippen LogP contribution in [-0.2, 0) is 0 Å². The maximum Gasteiger partial charge on any atom is 0.123 e. The fraction of sp³-hybridized carbons (Fsp3) is 0.455. The number of rotatable bonds is 5. The van der Waals surface area contributed by atoms with Crippen molar-refractivity contribution in [2.24, 2.45) is 11.5 Å². The van der Waals surface area contributed by atoms with Gasteiger partial charge in [0.25, 0.3) is 0 Å². The standard InChI is InChI=1S/C11H17FN2/c12-10-5-3-4-9(8-10)11(14)6-1-2-7-13/h3-5,8,11H,1-2,6-7,13-14H2/t11-/m0/s1. The Labute approximate surface area is 84.1 Å². The van der Waals surface area contributed by atoms with E-state index >= 15 is 0 Å². The molecule has 1 atom stereocenters. The normalized spacial score (nSPS) is 12.8. The van der Waals surface area contributed by atoms with Gasteiger partial charge in [0.2, 0.25) is 0 Å². The summed E-state index contributed by atoms with van der Waals surface area (Å²) >= 11 is 0. The maximum atomic E-state index is 12.8. The van der Waals surface area contributed by atoms with E-state index in [1.54, 1.807) is 6.07 Å². The average molecular weight is 196 g/mol. The van der Waals surface area contributed by atoms with E-state index in [1.807, 2.05) is 6.07 Å². The number of unbranched alkanes of at least 4 members (excludes halogenated alkanes) is 1. The molecule has 3 heteroatoms. The van der Waals surface area contributed by atoms with Gasteiger partial charge in [-0.15, -0.1) is 0 Å². The largest absolute Gasteiger partial charge is 0.330 e. The van der Waals surface area contributed by atoms with E-state index in [0.717, 1.165) is 24.8 Å². The van der Waals surface area contributed by atoms with Crippen LogP contribution in [-0.4, -0.2) is 6.54 Å². The van der Waals surface area contributed by atoms with E-state index in [-0.39, 0.29) is 11.9 Å². The van der Waals surface area contributed by atoms with Crippen molar-refractivity contribution in [1.29, 1.82) is 0 Å². The quantitative estimate of drug-likeness (QED) is 0.707. The highest BCUT2D eigenvalue weighted by Crippen LogP contribution is 2.17. The first-order chi connectivity index (χ1) is 6.74. The highest BCUT2D eigenvalue weighted by atomic mass is 19.1. The molecule has 0 fully saturated rings. The van der Waals surface area contributed by atoms with Crippen molar-refractivity contribution in [3.63, 3.8) is 0 Å². The fourth-order valence-electron chi connectivity index (χ4n) is 1.41. The lowest BCUT2D eigenvalue weighted by Crippen LogP contribution is -2.11. The average Bonchev–Trinajstić information content (AvgIpc) is 2.18. The number of benzene rings is 1. The lowest BCUT2D eigenvalue weighted by Gasteiger charge is -2.11. The summed E-state index contributed by atoms with van der Waals surface area (Å²) in [4.78, 5) is 0. The zero-order valence-corrected chi connectivity index (χ0v) is 8.25. The molecule has 0 saturated heterocycles. The predicted molar refractivity (Wildman–Crippen MR) is 56.2 cm³/mol. The molecule has 0 amide bonds. The minimum Gasteiger partial charge on any atom is -0.330 e. The van der Waals surface area contributed by atoms with Crippen LogP contribution in [0.3, 0.4) is 0 Å². The highest BCUT2D eigenvalue weighted by molar-refractivity contribution is 5.19. The molecule has 14 heavy (non-hydrogen) atoms. The molecule has 0 spiro atoms. The number of nitrogens with two attached hydrogens (primary N) is 2. The van der Waals surface area contributed by atoms with Crippen LogP contribution in [0, 0.1) is 5.82 Å². The van der Waals surface area contributed by atoms with Crippen molar-refractivity contribution in [1.82, 2.24) is 0 Å². The molecule has 0 bridgehead atoms. The summed E-state index contributed by atoms with van der Waals surface area (Å²) in [6, 6.07) is 6.39. The molecule has 0 saturated carbocycles. The van der Waals surface area contributed by atoms with Gasteiger partial charge in [0.1, 0.15) is 5.82 Å². The Bertz CT molecular complexity index is 276. The molecule has 1 aromatic rings. The Hall–Kier alpha value is -0.930. The molecule has 2 nitrogen and oxygen atoms in total. The van der Waals surface area contributed by atoms with Crippen molar-refractivity contribution >= 4 is 0 Å². The first-order valence-corrected chi connectivity index (χ1v) is 4.95. The SMILES string of the molecule is NCCCC[C@H](N)c1cccc(F)c1. The van der Waals surface area contributed by atoms with Crippen LogP contribution in [0.2, 0.25) is 0 Å². The second-order valence-electron chi connectivity index (χ2n) is 3.45. The molecule has 0 aromatic heterocycles. The van der Waals surface area contributed by atoms with Gasteiger partial charge >= 0.3 is 0 Å². The topological polar surface area (TPSA) is 52.0 Å². The predicted octanol–water partition coefficient (Wildman–Crippen LogP) is 1.95. The third-order valence-electron chi connectivity index (χ3n) is 2.25. The second-order valence-corrected chi connectivity index (χ2v) is 3.45. The summed E-state index contributed by atoms with van der Waals surface area (Å²) in [6.07, 6.45) is 2.83. The minimum atomic E-state index is -0.225. The Morgan fingerprint density at radius 3 is 2.71 bits per heavy atom. The Balaban J connectivity index is 2.47. The molecular formula is C11H17FN2. The van der Waals surface area contributed by atoms with E-state index in [2.05, 4.69) is 0 Å². The summed E-state index contributed by atoms with van der Waals surface area (Å²) in [5, 5.41) is 0. The Kier molecular flexibility index (Phi) is 4.56. The lowest BCUT2D eigenvalue weighted by atomic mass is 10.0. The number of hydrogen-bond acceptors (Lipinski definition) is 2. The molecule has 0 unspecified atom stereocenters.